The van der Waals surface area contributed by atoms with Crippen molar-refractivity contribution in [2.75, 3.05) is 0 Å². The Bertz CT molecular complexity index is 430. The number of nitrogens with zero attached hydrogens (tertiary/aromatic N) is 3. The lowest BCUT2D eigenvalue weighted by molar-refractivity contribution is 1.00. The molecule has 0 atom stereocenters. The van der Waals surface area contributed by atoms with E-state index in [1.165, 1.54) is 0 Å². The molecule has 0 fully saturated rings. The van der Waals surface area contributed by atoms with Gasteiger partial charge in [-0.25, -0.2) is 4.98 Å². The van der Waals surface area contributed by atoms with Crippen molar-refractivity contribution in [1.82, 2.24) is 14.4 Å². The van der Waals surface area contributed by atoms with Gasteiger partial charge in [0.1, 0.15) is 5.82 Å². The summed E-state index contributed by atoms with van der Waals surface area (Å²) in [5.41, 5.74) is 3.15. The molecule has 3 nitrogen and oxygen atoms in total. The van der Waals surface area contributed by atoms with E-state index in [0.29, 0.717) is 0 Å². The van der Waals surface area contributed by atoms with E-state index in [2.05, 4.69) is 14.4 Å². The first-order valence-electron chi connectivity index (χ1n) is 5.96. The van der Waals surface area contributed by atoms with Gasteiger partial charge in [-0.15, -0.1) is 0 Å². The number of aromatic nitrogens is 3. The number of rotatable bonds is 0. The van der Waals surface area contributed by atoms with Crippen molar-refractivity contribution in [3.8, 4) is 0 Å². The highest BCUT2D eigenvalue weighted by molar-refractivity contribution is 5.50. The summed E-state index contributed by atoms with van der Waals surface area (Å²) in [7, 11) is 0. The molecule has 3 heteroatoms. The first-order valence-corrected chi connectivity index (χ1v) is 5.96. The number of imidazole rings is 1. The first-order chi connectivity index (χ1) is 7.68. The summed E-state index contributed by atoms with van der Waals surface area (Å²) in [6, 6.07) is 0. The highest BCUT2D eigenvalue weighted by Gasteiger charge is 2.03. The van der Waals surface area contributed by atoms with E-state index in [1.54, 1.807) is 0 Å². The molecule has 90 valence electrons. The fraction of sp³-hybridized carbons (Fsp3) is 0.538. The third kappa shape index (κ3) is 3.05. The lowest BCUT2D eigenvalue weighted by atomic mass is 10.4. The largest absolute Gasteiger partial charge is 0.300 e. The van der Waals surface area contributed by atoms with Gasteiger partial charge < -0.3 is 4.40 Å². The SMILES string of the molecule is CC.CC.Cc1cn2c(C)nc(C)c2cn1. The molecule has 0 aliphatic carbocycles. The van der Waals surface area contributed by atoms with E-state index < -0.39 is 0 Å². The molecular formula is C13H23N3. The van der Waals surface area contributed by atoms with Crippen molar-refractivity contribution >= 4 is 5.52 Å². The third-order valence-corrected chi connectivity index (χ3v) is 2.01. The average molecular weight is 221 g/mol. The minimum absolute atomic E-state index is 1.02. The standard InChI is InChI=1S/C9H11N3.2C2H6/c1-6-5-12-8(3)11-7(2)9(12)4-10-6;2*1-2/h4-5H,1-3H3;2*1-2H3. The summed E-state index contributed by atoms with van der Waals surface area (Å²) in [6.45, 7) is 14.0. The molecule has 0 N–H and O–H groups in total. The maximum absolute atomic E-state index is 4.35. The van der Waals surface area contributed by atoms with Gasteiger partial charge in [-0.2, -0.15) is 0 Å². The molecule has 0 saturated carbocycles. The Labute approximate surface area is 98.6 Å². The molecule has 0 amide bonds. The van der Waals surface area contributed by atoms with Gasteiger partial charge >= 0.3 is 0 Å². The normalized spacial score (nSPS) is 8.94. The number of aryl methyl sites for hydroxylation is 3. The Morgan fingerprint density at radius 2 is 1.56 bits per heavy atom. The first kappa shape index (κ1) is 14.6. The predicted molar refractivity (Wildman–Crippen MR) is 69.9 cm³/mol. The molecule has 0 saturated heterocycles. The van der Waals surface area contributed by atoms with E-state index in [4.69, 9.17) is 0 Å². The fourth-order valence-corrected chi connectivity index (χ4v) is 1.40. The van der Waals surface area contributed by atoms with Gasteiger partial charge in [0.25, 0.3) is 0 Å². The van der Waals surface area contributed by atoms with Crippen molar-refractivity contribution in [2.45, 2.75) is 48.5 Å². The number of hydrogen-bond acceptors (Lipinski definition) is 2. The molecule has 2 aromatic rings. The summed E-state index contributed by atoms with van der Waals surface area (Å²) in [5.74, 6) is 1.02. The third-order valence-electron chi connectivity index (χ3n) is 2.01. The molecule has 0 unspecified atom stereocenters. The highest BCUT2D eigenvalue weighted by atomic mass is 15.0. The van der Waals surface area contributed by atoms with Crippen molar-refractivity contribution in [2.24, 2.45) is 0 Å². The lowest BCUT2D eigenvalue weighted by Crippen LogP contribution is -1.90. The second kappa shape index (κ2) is 6.99. The molecular weight excluding hydrogens is 198 g/mol. The van der Waals surface area contributed by atoms with Crippen LogP contribution in [0, 0.1) is 20.8 Å². The van der Waals surface area contributed by atoms with Gasteiger partial charge in [0, 0.05) is 6.20 Å². The number of hydrogen-bond donors (Lipinski definition) is 0. The average Bonchev–Trinajstić information content (AvgIpc) is 2.60. The Kier molecular flexibility index (Phi) is 6.38. The molecule has 0 aliphatic rings. The molecule has 0 spiro atoms. The number of fused-ring (bicyclic) bond motifs is 1. The summed E-state index contributed by atoms with van der Waals surface area (Å²) in [4.78, 5) is 8.57. The monoisotopic (exact) mass is 221 g/mol. The molecule has 16 heavy (non-hydrogen) atoms. The van der Waals surface area contributed by atoms with Gasteiger partial charge in [0.05, 0.1) is 23.1 Å². The zero-order valence-electron chi connectivity index (χ0n) is 11.5. The van der Waals surface area contributed by atoms with Crippen LogP contribution in [-0.4, -0.2) is 14.4 Å². The van der Waals surface area contributed by atoms with Crippen molar-refractivity contribution < 1.29 is 0 Å². The summed E-state index contributed by atoms with van der Waals surface area (Å²) in [5, 5.41) is 0. The summed E-state index contributed by atoms with van der Waals surface area (Å²) < 4.78 is 2.07. The van der Waals surface area contributed by atoms with E-state index in [-0.39, 0.29) is 0 Å². The molecule has 0 bridgehead atoms. The van der Waals surface area contributed by atoms with Gasteiger partial charge in [-0.3, -0.25) is 4.98 Å². The highest BCUT2D eigenvalue weighted by Crippen LogP contribution is 2.10. The van der Waals surface area contributed by atoms with Crippen LogP contribution in [0.2, 0.25) is 0 Å². The van der Waals surface area contributed by atoms with Gasteiger partial charge in [-0.1, -0.05) is 27.7 Å². The van der Waals surface area contributed by atoms with Crippen molar-refractivity contribution in [3.63, 3.8) is 0 Å². The Balaban J connectivity index is 0.000000509. The molecule has 0 radical (unpaired) electrons. The fourth-order valence-electron chi connectivity index (χ4n) is 1.40. The van der Waals surface area contributed by atoms with Crippen LogP contribution in [-0.2, 0) is 0 Å². The second-order valence-corrected chi connectivity index (χ2v) is 3.03. The summed E-state index contributed by atoms with van der Waals surface area (Å²) >= 11 is 0. The maximum Gasteiger partial charge on any atom is 0.110 e. The van der Waals surface area contributed by atoms with Gasteiger partial charge in [-0.05, 0) is 20.8 Å². The van der Waals surface area contributed by atoms with E-state index in [0.717, 1.165) is 22.7 Å². The molecule has 2 aromatic heterocycles. The van der Waals surface area contributed by atoms with Crippen molar-refractivity contribution in [1.29, 1.82) is 0 Å². The van der Waals surface area contributed by atoms with E-state index in [9.17, 15) is 0 Å². The van der Waals surface area contributed by atoms with Crippen molar-refractivity contribution in [3.05, 3.63) is 29.6 Å². The second-order valence-electron chi connectivity index (χ2n) is 3.03. The van der Waals surface area contributed by atoms with E-state index >= 15 is 0 Å². The zero-order valence-corrected chi connectivity index (χ0v) is 11.5. The Hall–Kier alpha value is -1.38. The smallest absolute Gasteiger partial charge is 0.110 e. The minimum atomic E-state index is 1.02. The Morgan fingerprint density at radius 1 is 1.00 bits per heavy atom. The summed E-state index contributed by atoms with van der Waals surface area (Å²) in [6.07, 6.45) is 3.87. The molecule has 2 heterocycles. The van der Waals surface area contributed by atoms with Crippen LogP contribution in [0.15, 0.2) is 12.4 Å². The molecule has 2 rings (SSSR count). The minimum Gasteiger partial charge on any atom is -0.300 e. The zero-order chi connectivity index (χ0) is 12.7. The van der Waals surface area contributed by atoms with Crippen LogP contribution in [0.1, 0.15) is 44.9 Å². The van der Waals surface area contributed by atoms with Crippen LogP contribution >= 0.6 is 0 Å². The maximum atomic E-state index is 4.35. The quantitative estimate of drug-likeness (QED) is 0.679. The van der Waals surface area contributed by atoms with E-state index in [1.807, 2.05) is 60.9 Å². The van der Waals surface area contributed by atoms with Crippen LogP contribution < -0.4 is 0 Å². The topological polar surface area (TPSA) is 30.2 Å². The lowest BCUT2D eigenvalue weighted by Gasteiger charge is -1.96. The van der Waals surface area contributed by atoms with Crippen LogP contribution in [0.3, 0.4) is 0 Å². The van der Waals surface area contributed by atoms with Gasteiger partial charge in [0.2, 0.25) is 0 Å². The predicted octanol–water partition coefficient (Wildman–Crippen LogP) is 3.71. The molecule has 0 aliphatic heterocycles. The van der Waals surface area contributed by atoms with Gasteiger partial charge in [0.15, 0.2) is 0 Å². The Morgan fingerprint density at radius 3 is 2.12 bits per heavy atom. The van der Waals surface area contributed by atoms with Crippen LogP contribution in [0.4, 0.5) is 0 Å². The van der Waals surface area contributed by atoms with Crippen LogP contribution in [0.25, 0.3) is 5.52 Å². The molecule has 0 aromatic carbocycles. The van der Waals surface area contributed by atoms with Crippen LogP contribution in [0.5, 0.6) is 0 Å².